The van der Waals surface area contributed by atoms with Gasteiger partial charge in [0.1, 0.15) is 22.1 Å². The predicted octanol–water partition coefficient (Wildman–Crippen LogP) is 5.75. The van der Waals surface area contributed by atoms with Gasteiger partial charge >= 0.3 is 0 Å². The van der Waals surface area contributed by atoms with Crippen LogP contribution in [-0.4, -0.2) is 63.8 Å². The fraction of sp³-hybridized carbons (Fsp3) is 0.294. The van der Waals surface area contributed by atoms with Gasteiger partial charge in [0.2, 0.25) is 29.0 Å². The molecule has 2 N–H and O–H groups in total. The van der Waals surface area contributed by atoms with E-state index in [-0.39, 0.29) is 58.7 Å². The van der Waals surface area contributed by atoms with Gasteiger partial charge in [-0.15, -0.1) is 11.8 Å². The normalized spacial score (nSPS) is 19.2. The fourth-order valence-electron chi connectivity index (χ4n) is 6.14. The minimum Gasteiger partial charge on any atom is -0.507 e. The van der Waals surface area contributed by atoms with Crippen molar-refractivity contribution in [3.05, 3.63) is 88.2 Å². The van der Waals surface area contributed by atoms with Gasteiger partial charge in [-0.2, -0.15) is 4.98 Å². The molecule has 1 amide bonds. The maximum atomic E-state index is 14.3. The molecule has 12 nitrogen and oxygen atoms in total. The Balaban J connectivity index is 1.36. The molecule has 2 aromatic heterocycles. The summed E-state index contributed by atoms with van der Waals surface area (Å²) in [4.78, 5) is 50.9. The third-order valence-corrected chi connectivity index (χ3v) is 9.71. The van der Waals surface area contributed by atoms with Gasteiger partial charge in [0.05, 0.1) is 20.8 Å². The lowest BCUT2D eigenvalue weighted by Gasteiger charge is -2.38. The smallest absolute Gasteiger partial charge is 0.246 e. The SMILES string of the molecule is COc1cc(OC)c2c(c1Cl)OC1(C2=O)C(O)=C(C(CC(=O)NCc2nc(-c3ccncc3)no2)c2ccc(SC)cc2)C(=O)CC1C. The molecule has 0 saturated heterocycles. The Labute approximate surface area is 284 Å². The lowest BCUT2D eigenvalue weighted by molar-refractivity contribution is -0.122. The Hall–Kier alpha value is -4.88. The molecule has 1 aliphatic carbocycles. The van der Waals surface area contributed by atoms with Gasteiger partial charge in [0.15, 0.2) is 17.3 Å². The van der Waals surface area contributed by atoms with Crippen molar-refractivity contribution in [1.29, 1.82) is 0 Å². The van der Waals surface area contributed by atoms with Crippen LogP contribution in [0.4, 0.5) is 0 Å². The Kier molecular flexibility index (Phi) is 9.17. The number of aliphatic hydroxyl groups is 1. The van der Waals surface area contributed by atoms with Crippen LogP contribution < -0.4 is 19.5 Å². The minimum absolute atomic E-state index is 0.0192. The zero-order chi connectivity index (χ0) is 34.2. The maximum absolute atomic E-state index is 14.3. The standard InChI is InChI=1S/C34H31ClN4O8S/c1-17-13-22(40)27(31(42)34(17)32(43)28-23(44-2)15-24(45-3)29(35)30(28)46-34)21(18-5-7-20(48-4)8-6-18)14-25(41)37-16-26-38-33(39-47-26)19-9-11-36-12-10-19/h5-12,15,17,21,42H,13-14,16H2,1-4H3,(H,37,41). The summed E-state index contributed by atoms with van der Waals surface area (Å²) in [5, 5.41) is 18.8. The summed E-state index contributed by atoms with van der Waals surface area (Å²) in [6, 6.07) is 12.2. The van der Waals surface area contributed by atoms with Gasteiger partial charge < -0.3 is 29.2 Å². The first kappa shape index (κ1) is 33.0. The second-order valence-corrected chi connectivity index (χ2v) is 12.6. The molecule has 3 atom stereocenters. The molecule has 0 fully saturated rings. The number of carbonyl (C=O) groups excluding carboxylic acids is 3. The maximum Gasteiger partial charge on any atom is 0.246 e. The first-order valence-corrected chi connectivity index (χ1v) is 16.5. The number of hydrogen-bond donors (Lipinski definition) is 2. The summed E-state index contributed by atoms with van der Waals surface area (Å²) < 4.78 is 22.4. The number of nitrogens with one attached hydrogen (secondary N) is 1. The third-order valence-electron chi connectivity index (χ3n) is 8.61. The first-order valence-electron chi connectivity index (χ1n) is 14.9. The van der Waals surface area contributed by atoms with E-state index in [1.165, 1.54) is 32.0 Å². The number of aliphatic hydroxyl groups excluding tert-OH is 1. The number of Topliss-reactive ketones (excluding diaryl/α,β-unsaturated/α-hetero) is 2. The Morgan fingerprint density at radius 1 is 1.15 bits per heavy atom. The predicted molar refractivity (Wildman–Crippen MR) is 176 cm³/mol. The molecule has 14 heteroatoms. The van der Waals surface area contributed by atoms with Crippen molar-refractivity contribution in [2.24, 2.45) is 5.92 Å². The summed E-state index contributed by atoms with van der Waals surface area (Å²) in [6.45, 7) is 1.57. The molecule has 2 aromatic carbocycles. The minimum atomic E-state index is -1.99. The molecule has 4 aromatic rings. The van der Waals surface area contributed by atoms with Crippen LogP contribution in [0.3, 0.4) is 0 Å². The van der Waals surface area contributed by atoms with Crippen LogP contribution in [0.5, 0.6) is 17.2 Å². The van der Waals surface area contributed by atoms with E-state index in [0.29, 0.717) is 17.0 Å². The van der Waals surface area contributed by atoms with Crippen LogP contribution in [-0.2, 0) is 16.1 Å². The molecular weight excluding hydrogens is 660 g/mol. The molecule has 6 rings (SSSR count). The molecule has 3 heterocycles. The zero-order valence-electron chi connectivity index (χ0n) is 26.4. The molecule has 1 aliphatic heterocycles. The number of methoxy groups -OCH3 is 2. The van der Waals surface area contributed by atoms with Crippen molar-refractivity contribution in [2.75, 3.05) is 20.5 Å². The molecule has 3 unspecified atom stereocenters. The number of ether oxygens (including phenoxy) is 3. The average molecular weight is 691 g/mol. The first-order chi connectivity index (χ1) is 23.1. The van der Waals surface area contributed by atoms with Gasteiger partial charge in [-0.25, -0.2) is 0 Å². The average Bonchev–Trinajstić information content (AvgIpc) is 3.71. The lowest BCUT2D eigenvalue weighted by atomic mass is 9.69. The fourth-order valence-corrected chi connectivity index (χ4v) is 6.81. The van der Waals surface area contributed by atoms with E-state index in [9.17, 15) is 19.5 Å². The highest BCUT2D eigenvalue weighted by Gasteiger charge is 2.61. The van der Waals surface area contributed by atoms with Crippen molar-refractivity contribution in [1.82, 2.24) is 20.4 Å². The Bertz CT molecular complexity index is 1930. The summed E-state index contributed by atoms with van der Waals surface area (Å²) in [6.07, 6.45) is 4.74. The van der Waals surface area contributed by atoms with Gasteiger partial charge in [0.25, 0.3) is 0 Å². The zero-order valence-corrected chi connectivity index (χ0v) is 28.0. The molecular formula is C34H31ClN4O8S. The monoisotopic (exact) mass is 690 g/mol. The van der Waals surface area contributed by atoms with Gasteiger partial charge in [-0.1, -0.05) is 35.8 Å². The number of amides is 1. The van der Waals surface area contributed by atoms with E-state index >= 15 is 0 Å². The summed E-state index contributed by atoms with van der Waals surface area (Å²) >= 11 is 8.12. The van der Waals surface area contributed by atoms with Crippen LogP contribution in [0.2, 0.25) is 5.02 Å². The van der Waals surface area contributed by atoms with E-state index < -0.39 is 40.7 Å². The molecule has 48 heavy (non-hydrogen) atoms. The number of halogens is 1. The molecule has 1 spiro atoms. The van der Waals surface area contributed by atoms with E-state index in [1.54, 1.807) is 43.6 Å². The van der Waals surface area contributed by atoms with E-state index in [1.807, 2.05) is 18.4 Å². The van der Waals surface area contributed by atoms with Crippen LogP contribution in [0.25, 0.3) is 11.4 Å². The highest BCUT2D eigenvalue weighted by molar-refractivity contribution is 7.98. The largest absolute Gasteiger partial charge is 0.507 e. The molecule has 0 bridgehead atoms. The summed E-state index contributed by atoms with van der Waals surface area (Å²) in [7, 11) is 2.80. The number of ketones is 2. The van der Waals surface area contributed by atoms with Crippen molar-refractivity contribution in [2.45, 2.75) is 42.7 Å². The number of hydrogen-bond acceptors (Lipinski definition) is 12. The third kappa shape index (κ3) is 5.66. The van der Waals surface area contributed by atoms with Crippen LogP contribution in [0.1, 0.15) is 47.5 Å². The number of benzene rings is 2. The lowest BCUT2D eigenvalue weighted by Crippen LogP contribution is -2.53. The highest BCUT2D eigenvalue weighted by Crippen LogP contribution is 2.55. The van der Waals surface area contributed by atoms with Gasteiger partial charge in [-0.3, -0.25) is 19.4 Å². The topological polar surface area (TPSA) is 163 Å². The van der Waals surface area contributed by atoms with E-state index in [0.717, 1.165) is 4.90 Å². The number of aromatic nitrogens is 3. The van der Waals surface area contributed by atoms with Crippen LogP contribution >= 0.6 is 23.4 Å². The Morgan fingerprint density at radius 3 is 2.52 bits per heavy atom. The van der Waals surface area contributed by atoms with Crippen LogP contribution in [0, 0.1) is 5.92 Å². The van der Waals surface area contributed by atoms with Crippen LogP contribution in [0.15, 0.2) is 75.6 Å². The van der Waals surface area contributed by atoms with Crippen molar-refractivity contribution in [3.63, 3.8) is 0 Å². The number of thioether (sulfide) groups is 1. The second kappa shape index (κ2) is 13.3. The van der Waals surface area contributed by atoms with Gasteiger partial charge in [0, 0.05) is 59.2 Å². The highest BCUT2D eigenvalue weighted by atomic mass is 35.5. The van der Waals surface area contributed by atoms with Crippen molar-refractivity contribution >= 4 is 40.8 Å². The number of nitrogens with zero attached hydrogens (tertiary/aromatic N) is 3. The quantitative estimate of drug-likeness (QED) is 0.194. The summed E-state index contributed by atoms with van der Waals surface area (Å²) in [5.41, 5.74) is -0.776. The molecule has 2 aliphatic rings. The number of rotatable bonds is 10. The van der Waals surface area contributed by atoms with Gasteiger partial charge in [-0.05, 0) is 36.1 Å². The number of fused-ring (bicyclic) bond motifs is 1. The number of carbonyl (C=O) groups is 3. The van der Waals surface area contributed by atoms with Crippen molar-refractivity contribution < 1.29 is 38.2 Å². The number of allylic oxidation sites excluding steroid dienone is 1. The molecule has 0 radical (unpaired) electrons. The Morgan fingerprint density at radius 2 is 1.85 bits per heavy atom. The number of pyridine rings is 1. The van der Waals surface area contributed by atoms with Crippen molar-refractivity contribution in [3.8, 4) is 28.6 Å². The summed E-state index contributed by atoms with van der Waals surface area (Å²) in [5.74, 6) is -2.97. The second-order valence-electron chi connectivity index (χ2n) is 11.3. The molecule has 0 saturated carbocycles. The van der Waals surface area contributed by atoms with E-state index in [2.05, 4.69) is 20.4 Å². The molecule has 248 valence electrons. The van der Waals surface area contributed by atoms with E-state index in [4.69, 9.17) is 30.3 Å².